The van der Waals surface area contributed by atoms with Crippen molar-refractivity contribution in [3.05, 3.63) is 59.4 Å². The number of nitrogens with two attached hydrogens (primary N) is 1. The Bertz CT molecular complexity index is 726. The van der Waals surface area contributed by atoms with Gasteiger partial charge in [0.25, 0.3) is 0 Å². The molecule has 0 unspecified atom stereocenters. The fraction of sp³-hybridized carbons (Fsp3) is 0.278. The zero-order chi connectivity index (χ0) is 18.1. The van der Waals surface area contributed by atoms with Gasteiger partial charge in [0.05, 0.1) is 6.21 Å². The molecule has 0 spiro atoms. The van der Waals surface area contributed by atoms with Crippen molar-refractivity contribution in [3.63, 3.8) is 0 Å². The number of aromatic nitrogens is 1. The van der Waals surface area contributed by atoms with E-state index in [4.69, 9.17) is 28.9 Å². The number of amidine groups is 1. The quantitative estimate of drug-likeness (QED) is 0.331. The van der Waals surface area contributed by atoms with Gasteiger partial charge in [-0.3, -0.25) is 4.98 Å². The normalized spacial score (nSPS) is 11.9. The van der Waals surface area contributed by atoms with E-state index in [0.717, 1.165) is 29.9 Å². The number of anilines is 1. The highest BCUT2D eigenvalue weighted by Gasteiger charge is 2.07. The van der Waals surface area contributed by atoms with E-state index < -0.39 is 0 Å². The van der Waals surface area contributed by atoms with E-state index in [1.807, 2.05) is 31.2 Å². The molecule has 0 radical (unpaired) electrons. The van der Waals surface area contributed by atoms with E-state index in [1.54, 1.807) is 18.5 Å². The highest BCUT2D eigenvalue weighted by molar-refractivity contribution is 6.18. The maximum absolute atomic E-state index is 5.87. The third-order valence-corrected chi connectivity index (χ3v) is 3.96. The van der Waals surface area contributed by atoms with Gasteiger partial charge in [-0.25, -0.2) is 0 Å². The molecule has 0 aliphatic carbocycles. The maximum Gasteiger partial charge on any atom is 0.171 e. The smallest absolute Gasteiger partial charge is 0.171 e. The first kappa shape index (κ1) is 19.2. The summed E-state index contributed by atoms with van der Waals surface area (Å²) in [7, 11) is 0. The number of hydrogen-bond donors (Lipinski definition) is 1. The predicted octanol–water partition coefficient (Wildman–Crippen LogP) is 3.41. The highest BCUT2D eigenvalue weighted by atomic mass is 35.5. The summed E-state index contributed by atoms with van der Waals surface area (Å²) < 4.78 is 0. The van der Waals surface area contributed by atoms with Crippen molar-refractivity contribution in [2.24, 2.45) is 15.9 Å². The van der Waals surface area contributed by atoms with Gasteiger partial charge in [-0.1, -0.05) is 12.1 Å². The van der Waals surface area contributed by atoms with E-state index in [0.29, 0.717) is 17.5 Å². The summed E-state index contributed by atoms with van der Waals surface area (Å²) in [5.41, 5.74) is 9.62. The standard InChI is InChI=1S/C18H21Cl2N5/c1-14-12-16(25(10-7-19)11-8-20)6-5-15(14)13-23-24-18(21)17-4-2-3-9-22-17/h2-6,9,12-13H,7-8,10-11H2,1H3,(H2,21,24)/b23-13-. The lowest BCUT2D eigenvalue weighted by molar-refractivity contribution is 0.873. The lowest BCUT2D eigenvalue weighted by atomic mass is 10.1. The van der Waals surface area contributed by atoms with Gasteiger partial charge in [-0.05, 0) is 42.3 Å². The molecule has 132 valence electrons. The van der Waals surface area contributed by atoms with Gasteiger partial charge in [0.1, 0.15) is 5.69 Å². The molecule has 2 rings (SSSR count). The van der Waals surface area contributed by atoms with Gasteiger partial charge in [0.2, 0.25) is 0 Å². The summed E-state index contributed by atoms with van der Waals surface area (Å²) in [5, 5.41) is 8.07. The molecule has 0 saturated heterocycles. The molecule has 25 heavy (non-hydrogen) atoms. The third kappa shape index (κ3) is 5.73. The molecular formula is C18H21Cl2N5. The molecule has 1 heterocycles. The summed E-state index contributed by atoms with van der Waals surface area (Å²) in [6.45, 7) is 3.54. The van der Waals surface area contributed by atoms with Crippen LogP contribution >= 0.6 is 23.2 Å². The lowest BCUT2D eigenvalue weighted by Crippen LogP contribution is -2.27. The first-order valence-corrected chi connectivity index (χ1v) is 8.98. The zero-order valence-corrected chi connectivity index (χ0v) is 15.6. The number of benzene rings is 1. The number of rotatable bonds is 8. The molecule has 2 N–H and O–H groups in total. The van der Waals surface area contributed by atoms with Crippen molar-refractivity contribution < 1.29 is 0 Å². The molecule has 7 heteroatoms. The number of halogens is 2. The molecule has 0 aliphatic heterocycles. The minimum absolute atomic E-state index is 0.279. The topological polar surface area (TPSA) is 66.9 Å². The SMILES string of the molecule is Cc1cc(N(CCCl)CCCl)ccc1/C=N\N=C(\N)c1ccccn1. The molecule has 1 aromatic heterocycles. The second-order valence-corrected chi connectivity index (χ2v) is 6.11. The van der Waals surface area contributed by atoms with E-state index in [1.165, 1.54) is 0 Å². The van der Waals surface area contributed by atoms with Gasteiger partial charge in [0.15, 0.2) is 5.84 Å². The molecular weight excluding hydrogens is 357 g/mol. The molecule has 0 aliphatic rings. The van der Waals surface area contributed by atoms with Crippen molar-refractivity contribution in [3.8, 4) is 0 Å². The van der Waals surface area contributed by atoms with Crippen LogP contribution < -0.4 is 10.6 Å². The molecule has 0 atom stereocenters. The van der Waals surface area contributed by atoms with Crippen LogP contribution in [0.1, 0.15) is 16.8 Å². The van der Waals surface area contributed by atoms with Crippen molar-refractivity contribution in [1.29, 1.82) is 0 Å². The Balaban J connectivity index is 2.12. The molecule has 1 aromatic carbocycles. The van der Waals surface area contributed by atoms with Crippen molar-refractivity contribution in [2.75, 3.05) is 29.7 Å². The van der Waals surface area contributed by atoms with Gasteiger partial charge < -0.3 is 10.6 Å². The van der Waals surface area contributed by atoms with Gasteiger partial charge in [-0.15, -0.1) is 28.3 Å². The minimum atomic E-state index is 0.279. The highest BCUT2D eigenvalue weighted by Crippen LogP contribution is 2.18. The van der Waals surface area contributed by atoms with Crippen molar-refractivity contribution in [2.45, 2.75) is 6.92 Å². The molecule has 0 amide bonds. The van der Waals surface area contributed by atoms with Crippen LogP contribution in [-0.2, 0) is 0 Å². The number of alkyl halides is 2. The Labute approximate surface area is 158 Å². The number of nitrogens with zero attached hydrogens (tertiary/aromatic N) is 4. The second kappa shape index (κ2) is 10.0. The van der Waals surface area contributed by atoms with E-state index >= 15 is 0 Å². The Morgan fingerprint density at radius 3 is 2.56 bits per heavy atom. The maximum atomic E-state index is 5.87. The van der Waals surface area contributed by atoms with Crippen LogP contribution in [0.15, 0.2) is 52.8 Å². The second-order valence-electron chi connectivity index (χ2n) is 5.35. The average Bonchev–Trinajstić information content (AvgIpc) is 2.63. The fourth-order valence-corrected chi connectivity index (χ4v) is 2.70. The van der Waals surface area contributed by atoms with Crippen LogP contribution in [0.3, 0.4) is 0 Å². The lowest BCUT2D eigenvalue weighted by Gasteiger charge is -2.23. The predicted molar refractivity (Wildman–Crippen MR) is 107 cm³/mol. The van der Waals surface area contributed by atoms with Crippen LogP contribution in [0.4, 0.5) is 5.69 Å². The Morgan fingerprint density at radius 2 is 1.96 bits per heavy atom. The van der Waals surface area contributed by atoms with Gasteiger partial charge in [-0.2, -0.15) is 5.10 Å². The molecule has 0 fully saturated rings. The molecule has 0 saturated carbocycles. The van der Waals surface area contributed by atoms with Crippen LogP contribution in [0.2, 0.25) is 0 Å². The Kier molecular flexibility index (Phi) is 7.70. The number of aryl methyl sites for hydroxylation is 1. The molecule has 2 aromatic rings. The van der Waals surface area contributed by atoms with Gasteiger partial charge >= 0.3 is 0 Å². The van der Waals surface area contributed by atoms with E-state index in [-0.39, 0.29) is 5.84 Å². The Hall–Kier alpha value is -2.11. The zero-order valence-electron chi connectivity index (χ0n) is 14.1. The van der Waals surface area contributed by atoms with Crippen LogP contribution in [0.25, 0.3) is 0 Å². The number of pyridine rings is 1. The summed E-state index contributed by atoms with van der Waals surface area (Å²) in [6.07, 6.45) is 3.35. The molecule has 5 nitrogen and oxygen atoms in total. The molecule has 0 bridgehead atoms. The van der Waals surface area contributed by atoms with Gasteiger partial charge in [0, 0.05) is 36.7 Å². The van der Waals surface area contributed by atoms with Crippen LogP contribution in [0, 0.1) is 6.92 Å². The van der Waals surface area contributed by atoms with E-state index in [9.17, 15) is 0 Å². The average molecular weight is 378 g/mol. The summed E-state index contributed by atoms with van der Waals surface area (Å²) in [5.74, 6) is 1.39. The number of hydrogen-bond acceptors (Lipinski definition) is 4. The fourth-order valence-electron chi connectivity index (χ4n) is 2.29. The van der Waals surface area contributed by atoms with Crippen LogP contribution in [0.5, 0.6) is 0 Å². The first-order chi connectivity index (χ1) is 12.2. The first-order valence-electron chi connectivity index (χ1n) is 7.91. The summed E-state index contributed by atoms with van der Waals surface area (Å²) in [4.78, 5) is 6.29. The van der Waals surface area contributed by atoms with Crippen molar-refractivity contribution in [1.82, 2.24) is 4.98 Å². The van der Waals surface area contributed by atoms with E-state index in [2.05, 4.69) is 26.2 Å². The monoisotopic (exact) mass is 377 g/mol. The largest absolute Gasteiger partial charge is 0.380 e. The third-order valence-electron chi connectivity index (χ3n) is 3.62. The van der Waals surface area contributed by atoms with Crippen molar-refractivity contribution >= 4 is 40.9 Å². The Morgan fingerprint density at radius 1 is 1.20 bits per heavy atom. The van der Waals surface area contributed by atoms with Crippen LogP contribution in [-0.4, -0.2) is 41.9 Å². The summed E-state index contributed by atoms with van der Waals surface area (Å²) in [6, 6.07) is 11.6. The summed E-state index contributed by atoms with van der Waals surface area (Å²) >= 11 is 11.7. The minimum Gasteiger partial charge on any atom is -0.380 e.